The van der Waals surface area contributed by atoms with Crippen molar-refractivity contribution in [2.24, 2.45) is 0 Å². The van der Waals surface area contributed by atoms with Crippen LogP contribution in [0.2, 0.25) is 0 Å². The summed E-state index contributed by atoms with van der Waals surface area (Å²) < 4.78 is 33.9. The zero-order valence-corrected chi connectivity index (χ0v) is 21.4. The van der Waals surface area contributed by atoms with Gasteiger partial charge in [-0.1, -0.05) is 50.8 Å². The monoisotopic (exact) mass is 510 g/mol. The summed E-state index contributed by atoms with van der Waals surface area (Å²) in [5.74, 6) is 0.645. The molecule has 0 atom stereocenters. The average Bonchev–Trinajstić information content (AvgIpc) is 2.86. The van der Waals surface area contributed by atoms with Crippen LogP contribution >= 0.6 is 11.6 Å². The predicted molar refractivity (Wildman–Crippen MR) is 137 cm³/mol. The number of hydrogen-bond donors (Lipinski definition) is 0. The summed E-state index contributed by atoms with van der Waals surface area (Å²) in [5.41, 5.74) is 0.972. The van der Waals surface area contributed by atoms with Crippen LogP contribution in [0.3, 0.4) is 0 Å². The van der Waals surface area contributed by atoms with Gasteiger partial charge in [-0.2, -0.15) is 14.1 Å². The molecule has 1 aliphatic heterocycles. The maximum Gasteiger partial charge on any atom is 0.316 e. The number of alkyl halides is 1. The Morgan fingerprint density at radius 1 is 1.00 bits per heavy atom. The van der Waals surface area contributed by atoms with E-state index in [1.807, 2.05) is 35.2 Å². The Morgan fingerprint density at radius 3 is 2.38 bits per heavy atom. The second kappa shape index (κ2) is 13.1. The van der Waals surface area contributed by atoms with Gasteiger partial charge in [0, 0.05) is 32.1 Å². The Bertz CT molecular complexity index is 1050. The van der Waals surface area contributed by atoms with E-state index >= 15 is 0 Å². The van der Waals surface area contributed by atoms with Gasteiger partial charge in [0.1, 0.15) is 5.69 Å². The van der Waals surface area contributed by atoms with Crippen molar-refractivity contribution < 1.29 is 13.2 Å². The Labute approximate surface area is 207 Å². The SMILES string of the molecule is CCCCCCCOc1c(N2CCN(S(=O)(=O)CCCCl)CC2)cnn(-c2ccccc2)c1=O. The molecule has 188 valence electrons. The van der Waals surface area contributed by atoms with Crippen molar-refractivity contribution in [2.45, 2.75) is 45.4 Å². The second-order valence-corrected chi connectivity index (χ2v) is 10.9. The van der Waals surface area contributed by atoms with Crippen molar-refractivity contribution in [2.75, 3.05) is 49.3 Å². The van der Waals surface area contributed by atoms with E-state index in [2.05, 4.69) is 12.0 Å². The van der Waals surface area contributed by atoms with Crippen LogP contribution in [0.5, 0.6) is 5.75 Å². The molecule has 3 rings (SSSR count). The highest BCUT2D eigenvalue weighted by Gasteiger charge is 2.29. The first kappa shape index (κ1) is 26.5. The normalized spacial score (nSPS) is 14.9. The number of rotatable bonds is 13. The number of nitrogens with zero attached hydrogens (tertiary/aromatic N) is 4. The molecule has 0 amide bonds. The molecule has 34 heavy (non-hydrogen) atoms. The average molecular weight is 511 g/mol. The number of benzene rings is 1. The number of sulfonamides is 1. The van der Waals surface area contributed by atoms with E-state index in [-0.39, 0.29) is 17.1 Å². The quantitative estimate of drug-likeness (QED) is 0.302. The summed E-state index contributed by atoms with van der Waals surface area (Å²) in [6, 6.07) is 9.25. The van der Waals surface area contributed by atoms with Gasteiger partial charge in [0.15, 0.2) is 0 Å². The first-order valence-electron chi connectivity index (χ1n) is 12.1. The molecular formula is C24H35ClN4O4S. The maximum atomic E-state index is 13.4. The van der Waals surface area contributed by atoms with Gasteiger partial charge < -0.3 is 9.64 Å². The Kier molecular flexibility index (Phi) is 10.2. The van der Waals surface area contributed by atoms with E-state index in [1.165, 1.54) is 21.8 Å². The molecule has 0 radical (unpaired) electrons. The van der Waals surface area contributed by atoms with Crippen LogP contribution in [-0.2, 0) is 10.0 Å². The molecule has 8 nitrogen and oxygen atoms in total. The highest BCUT2D eigenvalue weighted by Crippen LogP contribution is 2.26. The number of halogens is 1. The van der Waals surface area contributed by atoms with E-state index in [1.54, 1.807) is 6.20 Å². The third kappa shape index (κ3) is 6.96. The second-order valence-electron chi connectivity index (χ2n) is 8.42. The van der Waals surface area contributed by atoms with Gasteiger partial charge in [-0.3, -0.25) is 4.79 Å². The van der Waals surface area contributed by atoms with Crippen molar-refractivity contribution in [1.29, 1.82) is 0 Å². The lowest BCUT2D eigenvalue weighted by atomic mass is 10.2. The van der Waals surface area contributed by atoms with Gasteiger partial charge in [0.2, 0.25) is 15.8 Å². The molecule has 0 unspecified atom stereocenters. The zero-order valence-electron chi connectivity index (χ0n) is 19.9. The smallest absolute Gasteiger partial charge is 0.316 e. The summed E-state index contributed by atoms with van der Waals surface area (Å²) >= 11 is 5.67. The lowest BCUT2D eigenvalue weighted by molar-refractivity contribution is 0.297. The van der Waals surface area contributed by atoms with Gasteiger partial charge in [-0.05, 0) is 25.0 Å². The van der Waals surface area contributed by atoms with Crippen molar-refractivity contribution in [3.8, 4) is 11.4 Å². The topological polar surface area (TPSA) is 84.7 Å². The standard InChI is InChI=1S/C24H35ClN4O4S/c1-2-3-4-5-9-18-33-23-22(20-26-29(24(23)30)21-11-7-6-8-12-21)27-14-16-28(17-15-27)34(31,32)19-10-13-25/h6-8,11-12,20H,2-5,9-10,13-19H2,1H3. The minimum atomic E-state index is -3.33. The Hall–Kier alpha value is -2.10. The molecule has 0 N–H and O–H groups in total. The molecule has 1 aromatic heterocycles. The number of unbranched alkanes of at least 4 members (excludes halogenated alkanes) is 4. The van der Waals surface area contributed by atoms with Crippen LogP contribution in [0, 0.1) is 0 Å². The number of aromatic nitrogens is 2. The minimum absolute atomic E-state index is 0.0531. The van der Waals surface area contributed by atoms with E-state index < -0.39 is 10.0 Å². The van der Waals surface area contributed by atoms with Crippen LogP contribution in [0.4, 0.5) is 5.69 Å². The minimum Gasteiger partial charge on any atom is -0.486 e. The number of hydrogen-bond acceptors (Lipinski definition) is 6. The fraction of sp³-hybridized carbons (Fsp3) is 0.583. The third-order valence-corrected chi connectivity index (χ3v) is 8.14. The van der Waals surface area contributed by atoms with Gasteiger partial charge in [-0.25, -0.2) is 8.42 Å². The van der Waals surface area contributed by atoms with Crippen molar-refractivity contribution >= 4 is 27.3 Å². The number of piperazine rings is 1. The lowest BCUT2D eigenvalue weighted by Gasteiger charge is -2.35. The van der Waals surface area contributed by atoms with Crippen LogP contribution in [-0.4, -0.2) is 66.9 Å². The fourth-order valence-electron chi connectivity index (χ4n) is 4.00. The lowest BCUT2D eigenvalue weighted by Crippen LogP contribution is -2.49. The van der Waals surface area contributed by atoms with Gasteiger partial charge in [0.25, 0.3) is 0 Å². The highest BCUT2D eigenvalue weighted by molar-refractivity contribution is 7.89. The van der Waals surface area contributed by atoms with Gasteiger partial charge in [-0.15, -0.1) is 11.6 Å². The zero-order chi connectivity index (χ0) is 24.4. The molecular weight excluding hydrogens is 476 g/mol. The largest absolute Gasteiger partial charge is 0.486 e. The van der Waals surface area contributed by atoms with E-state index in [4.69, 9.17) is 16.3 Å². The third-order valence-electron chi connectivity index (χ3n) is 5.92. The fourth-order valence-corrected chi connectivity index (χ4v) is 5.78. The summed E-state index contributed by atoms with van der Waals surface area (Å²) in [5, 5.41) is 4.40. The first-order valence-corrected chi connectivity index (χ1v) is 14.2. The van der Waals surface area contributed by atoms with Crippen LogP contribution in [0.25, 0.3) is 5.69 Å². The molecule has 1 fully saturated rings. The molecule has 1 aliphatic rings. The molecule has 2 aromatic rings. The van der Waals surface area contributed by atoms with E-state index in [0.717, 1.165) is 19.3 Å². The molecule has 0 aliphatic carbocycles. The summed E-state index contributed by atoms with van der Waals surface area (Å²) in [6.07, 6.45) is 7.53. The molecule has 1 aromatic carbocycles. The Morgan fingerprint density at radius 2 is 1.71 bits per heavy atom. The van der Waals surface area contributed by atoms with Gasteiger partial charge in [0.05, 0.1) is 24.2 Å². The van der Waals surface area contributed by atoms with Crippen LogP contribution < -0.4 is 15.2 Å². The molecule has 10 heteroatoms. The number of para-hydroxylation sites is 1. The summed E-state index contributed by atoms with van der Waals surface area (Å²) in [4.78, 5) is 15.4. The molecule has 1 saturated heterocycles. The first-order chi connectivity index (χ1) is 16.5. The number of ether oxygens (including phenoxy) is 1. The molecule has 2 heterocycles. The van der Waals surface area contributed by atoms with E-state index in [9.17, 15) is 13.2 Å². The number of anilines is 1. The molecule has 0 spiro atoms. The van der Waals surface area contributed by atoms with Crippen molar-refractivity contribution in [3.05, 3.63) is 46.9 Å². The Balaban J connectivity index is 1.78. The summed E-state index contributed by atoms with van der Waals surface area (Å²) in [7, 11) is -3.33. The van der Waals surface area contributed by atoms with Crippen LogP contribution in [0.1, 0.15) is 45.4 Å². The predicted octanol–water partition coefficient (Wildman–Crippen LogP) is 3.66. The maximum absolute atomic E-state index is 13.4. The van der Waals surface area contributed by atoms with Crippen molar-refractivity contribution in [1.82, 2.24) is 14.1 Å². The van der Waals surface area contributed by atoms with Gasteiger partial charge >= 0.3 is 5.56 Å². The molecule has 0 saturated carbocycles. The highest BCUT2D eigenvalue weighted by atomic mass is 35.5. The molecule has 0 bridgehead atoms. The summed E-state index contributed by atoms with van der Waals surface area (Å²) in [6.45, 7) is 4.25. The van der Waals surface area contributed by atoms with Crippen molar-refractivity contribution in [3.63, 3.8) is 0 Å². The van der Waals surface area contributed by atoms with Crippen LogP contribution in [0.15, 0.2) is 41.3 Å². The van der Waals surface area contributed by atoms with E-state index in [0.29, 0.717) is 56.5 Å².